The summed E-state index contributed by atoms with van der Waals surface area (Å²) in [7, 11) is 0. The third-order valence-electron chi connectivity index (χ3n) is 2.82. The van der Waals surface area contributed by atoms with Gasteiger partial charge in [0.25, 0.3) is 0 Å². The molecule has 0 aliphatic carbocycles. The molecule has 0 saturated heterocycles. The van der Waals surface area contributed by atoms with Crippen LogP contribution in [0.1, 0.15) is 26.3 Å². The average molecular weight is 175 g/mol. The Bertz CT molecular complexity index is 315. The molecule has 0 spiro atoms. The molecule has 0 fully saturated rings. The van der Waals surface area contributed by atoms with Crippen LogP contribution in [0.2, 0.25) is 0 Å². The van der Waals surface area contributed by atoms with Gasteiger partial charge in [0.05, 0.1) is 0 Å². The van der Waals surface area contributed by atoms with Gasteiger partial charge in [-0.2, -0.15) is 0 Å². The fraction of sp³-hybridized carbons (Fsp3) is 0.417. The Morgan fingerprint density at radius 1 is 1.23 bits per heavy atom. The molecule has 0 atom stereocenters. The lowest BCUT2D eigenvalue weighted by atomic mass is 9.79. The summed E-state index contributed by atoms with van der Waals surface area (Å²) in [6.45, 7) is 6.51. The van der Waals surface area contributed by atoms with Crippen LogP contribution in [0.5, 0.6) is 5.75 Å². The van der Waals surface area contributed by atoms with E-state index in [0.29, 0.717) is 0 Å². The Kier molecular flexibility index (Phi) is 1.83. The van der Waals surface area contributed by atoms with Gasteiger partial charge in [-0.3, -0.25) is 0 Å². The van der Waals surface area contributed by atoms with E-state index in [1.54, 1.807) is 0 Å². The quantitative estimate of drug-likeness (QED) is 0.588. The summed E-state index contributed by atoms with van der Waals surface area (Å²) in [6.07, 6.45) is 2.20. The number of hydrogen-bond acceptors (Lipinski definition) is 1. The van der Waals surface area contributed by atoms with E-state index in [1.807, 2.05) is 12.1 Å². The van der Waals surface area contributed by atoms with E-state index in [2.05, 4.69) is 32.9 Å². The number of ether oxygens (including phenoxy) is 1. The van der Waals surface area contributed by atoms with Gasteiger partial charge in [-0.1, -0.05) is 32.0 Å². The molecule has 0 unspecified atom stereocenters. The summed E-state index contributed by atoms with van der Waals surface area (Å²) in [5.41, 5.74) is 1.49. The van der Waals surface area contributed by atoms with E-state index in [4.69, 9.17) is 4.74 Å². The average Bonchev–Trinajstić information content (AvgIpc) is 2.06. The maximum absolute atomic E-state index is 5.76. The van der Waals surface area contributed by atoms with E-state index in [-0.39, 0.29) is 5.41 Å². The first-order valence-electron chi connectivity index (χ1n) is 4.69. The summed E-state index contributed by atoms with van der Waals surface area (Å²) in [6, 6.07) is 8.26. The molecule has 1 heteroatoms. The molecule has 1 aromatic rings. The van der Waals surface area contributed by atoms with Crippen molar-refractivity contribution in [3.8, 4) is 5.75 Å². The van der Waals surface area contributed by atoms with Gasteiger partial charge < -0.3 is 4.74 Å². The fourth-order valence-corrected chi connectivity index (χ4v) is 1.65. The maximum Gasteiger partial charge on any atom is 0.151 e. The van der Waals surface area contributed by atoms with Gasteiger partial charge in [-0.05, 0) is 25.0 Å². The van der Waals surface area contributed by atoms with Crippen LogP contribution in [0.4, 0.5) is 0 Å². The van der Waals surface area contributed by atoms with Gasteiger partial charge in [0, 0.05) is 5.41 Å². The molecule has 0 amide bonds. The van der Waals surface area contributed by atoms with Crippen LogP contribution in [0.15, 0.2) is 24.3 Å². The van der Waals surface area contributed by atoms with Crippen molar-refractivity contribution in [2.75, 3.05) is 0 Å². The second kappa shape index (κ2) is 2.76. The summed E-state index contributed by atoms with van der Waals surface area (Å²) < 4.78 is 5.76. The first-order chi connectivity index (χ1) is 6.09. The SMILES string of the molecule is C[C]1Oc2ccccc2CC1(C)C. The Hall–Kier alpha value is -0.980. The minimum absolute atomic E-state index is 0.175. The molecule has 2 rings (SSSR count). The molecule has 0 bridgehead atoms. The van der Waals surface area contributed by atoms with Crippen molar-refractivity contribution in [1.82, 2.24) is 0 Å². The molecular weight excluding hydrogens is 160 g/mol. The van der Waals surface area contributed by atoms with Crippen molar-refractivity contribution in [2.24, 2.45) is 5.41 Å². The lowest BCUT2D eigenvalue weighted by molar-refractivity contribution is 0.166. The van der Waals surface area contributed by atoms with Crippen LogP contribution >= 0.6 is 0 Å². The molecule has 1 radical (unpaired) electrons. The van der Waals surface area contributed by atoms with Crippen LogP contribution in [-0.4, -0.2) is 0 Å². The summed E-state index contributed by atoms with van der Waals surface area (Å²) >= 11 is 0. The van der Waals surface area contributed by atoms with Crippen molar-refractivity contribution in [3.05, 3.63) is 35.9 Å². The monoisotopic (exact) mass is 175 g/mol. The van der Waals surface area contributed by atoms with Crippen molar-refractivity contribution >= 4 is 0 Å². The van der Waals surface area contributed by atoms with Crippen LogP contribution in [0.3, 0.4) is 0 Å². The highest BCUT2D eigenvalue weighted by Gasteiger charge is 2.34. The highest BCUT2D eigenvalue weighted by Crippen LogP contribution is 2.41. The highest BCUT2D eigenvalue weighted by molar-refractivity contribution is 5.38. The molecule has 13 heavy (non-hydrogen) atoms. The Morgan fingerprint density at radius 3 is 2.69 bits per heavy atom. The van der Waals surface area contributed by atoms with Gasteiger partial charge >= 0.3 is 0 Å². The zero-order valence-electron chi connectivity index (χ0n) is 8.42. The second-order valence-corrected chi connectivity index (χ2v) is 4.33. The minimum atomic E-state index is 0.175. The van der Waals surface area contributed by atoms with Gasteiger partial charge in [-0.25, -0.2) is 0 Å². The third-order valence-corrected chi connectivity index (χ3v) is 2.82. The molecule has 1 nitrogen and oxygen atoms in total. The van der Waals surface area contributed by atoms with Gasteiger partial charge in [0.2, 0.25) is 0 Å². The van der Waals surface area contributed by atoms with E-state index in [9.17, 15) is 0 Å². The molecular formula is C12H15O. The summed E-state index contributed by atoms with van der Waals surface area (Å²) in [5, 5.41) is 0. The topological polar surface area (TPSA) is 9.23 Å². The highest BCUT2D eigenvalue weighted by atomic mass is 16.5. The maximum atomic E-state index is 5.76. The molecule has 1 aromatic carbocycles. The first kappa shape index (κ1) is 8.61. The standard InChI is InChI=1S/C12H15O/c1-9-12(2,3)8-10-6-4-5-7-11(10)13-9/h4-7H,8H2,1-3H3. The normalized spacial score (nSPS) is 20.5. The molecule has 1 aliphatic rings. The summed E-state index contributed by atoms with van der Waals surface area (Å²) in [4.78, 5) is 0. The number of fused-ring (bicyclic) bond motifs is 1. The molecule has 0 saturated carbocycles. The van der Waals surface area contributed by atoms with E-state index < -0.39 is 0 Å². The number of rotatable bonds is 0. The molecule has 0 aromatic heterocycles. The fourth-order valence-electron chi connectivity index (χ4n) is 1.65. The van der Waals surface area contributed by atoms with Crippen LogP contribution in [-0.2, 0) is 6.42 Å². The minimum Gasteiger partial charge on any atom is -0.483 e. The van der Waals surface area contributed by atoms with Crippen LogP contribution in [0.25, 0.3) is 0 Å². The predicted molar refractivity (Wildman–Crippen MR) is 53.5 cm³/mol. The largest absolute Gasteiger partial charge is 0.483 e. The number of para-hydroxylation sites is 1. The van der Waals surface area contributed by atoms with Crippen molar-refractivity contribution < 1.29 is 4.74 Å². The zero-order chi connectivity index (χ0) is 9.47. The van der Waals surface area contributed by atoms with Gasteiger partial charge in [0.15, 0.2) is 6.10 Å². The Labute approximate surface area is 79.7 Å². The van der Waals surface area contributed by atoms with Crippen molar-refractivity contribution in [2.45, 2.75) is 27.2 Å². The smallest absolute Gasteiger partial charge is 0.151 e. The number of benzene rings is 1. The molecule has 0 N–H and O–H groups in total. The lowest BCUT2D eigenvalue weighted by Gasteiger charge is -2.36. The zero-order valence-corrected chi connectivity index (χ0v) is 8.42. The summed E-state index contributed by atoms with van der Waals surface area (Å²) in [5.74, 6) is 1.03. The first-order valence-corrected chi connectivity index (χ1v) is 4.69. The second-order valence-electron chi connectivity index (χ2n) is 4.33. The van der Waals surface area contributed by atoms with Gasteiger partial charge in [-0.15, -0.1) is 0 Å². The van der Waals surface area contributed by atoms with Crippen molar-refractivity contribution in [3.63, 3.8) is 0 Å². The molecule has 1 aliphatic heterocycles. The predicted octanol–water partition coefficient (Wildman–Crippen LogP) is 3.20. The van der Waals surface area contributed by atoms with E-state index >= 15 is 0 Å². The van der Waals surface area contributed by atoms with Gasteiger partial charge in [0.1, 0.15) is 5.75 Å². The van der Waals surface area contributed by atoms with Crippen LogP contribution in [0, 0.1) is 11.5 Å². The van der Waals surface area contributed by atoms with E-state index in [0.717, 1.165) is 18.3 Å². The van der Waals surface area contributed by atoms with Crippen molar-refractivity contribution in [1.29, 1.82) is 0 Å². The third kappa shape index (κ3) is 1.43. The Morgan fingerprint density at radius 2 is 1.92 bits per heavy atom. The number of hydrogen-bond donors (Lipinski definition) is 0. The van der Waals surface area contributed by atoms with E-state index in [1.165, 1.54) is 5.56 Å². The Balaban J connectivity index is 2.39. The molecule has 69 valence electrons. The van der Waals surface area contributed by atoms with Crippen LogP contribution < -0.4 is 4.74 Å². The lowest BCUT2D eigenvalue weighted by Crippen LogP contribution is -2.31. The molecule has 1 heterocycles.